The quantitative estimate of drug-likeness (QED) is 0.416. The number of hydrogen-bond acceptors (Lipinski definition) is 2. The van der Waals surface area contributed by atoms with E-state index in [2.05, 4.69) is 68.0 Å². The van der Waals surface area contributed by atoms with E-state index in [1.54, 1.807) is 6.20 Å². The topological polar surface area (TPSA) is 50.7 Å². The van der Waals surface area contributed by atoms with Crippen LogP contribution in [0.25, 0.3) is 10.9 Å². The molecule has 2 aromatic carbocycles. The Bertz CT molecular complexity index is 1170. The van der Waals surface area contributed by atoms with Crippen LogP contribution < -0.4 is 0 Å². The molecule has 29 heavy (non-hydrogen) atoms. The van der Waals surface area contributed by atoms with Gasteiger partial charge >= 0.3 is 0 Å². The number of nitrogens with one attached hydrogen (secondary N) is 1. The second kappa shape index (κ2) is 7.70. The van der Waals surface area contributed by atoms with Gasteiger partial charge in [0.1, 0.15) is 0 Å². The molecule has 1 atom stereocenters. The van der Waals surface area contributed by atoms with Gasteiger partial charge in [-0.15, -0.1) is 0 Å². The summed E-state index contributed by atoms with van der Waals surface area (Å²) in [4.78, 5) is 21.3. The first-order valence-corrected chi connectivity index (χ1v) is 10.2. The van der Waals surface area contributed by atoms with Gasteiger partial charge in [0.2, 0.25) is 0 Å². The smallest absolute Gasteiger partial charge is 0.199 e. The van der Waals surface area contributed by atoms with Crippen LogP contribution in [0.4, 0.5) is 0 Å². The summed E-state index contributed by atoms with van der Waals surface area (Å²) in [7, 11) is 0. The molecule has 4 heteroatoms. The molecule has 0 saturated heterocycles. The first kappa shape index (κ1) is 19.2. The van der Waals surface area contributed by atoms with E-state index in [9.17, 15) is 4.79 Å². The van der Waals surface area contributed by atoms with Crippen LogP contribution in [0.2, 0.25) is 0 Å². The molecule has 4 aromatic rings. The molecule has 0 aliphatic heterocycles. The van der Waals surface area contributed by atoms with Crippen LogP contribution in [0, 0.1) is 13.8 Å². The number of nitrogens with zero attached hydrogens (tertiary/aromatic N) is 2. The van der Waals surface area contributed by atoms with Gasteiger partial charge in [-0.3, -0.25) is 4.79 Å². The Labute approximate surface area is 171 Å². The summed E-state index contributed by atoms with van der Waals surface area (Å²) in [6.45, 7) is 8.39. The third-order valence-corrected chi connectivity index (χ3v) is 5.78. The van der Waals surface area contributed by atoms with Gasteiger partial charge in [0.15, 0.2) is 11.6 Å². The maximum absolute atomic E-state index is 13.3. The minimum absolute atomic E-state index is 0.0478. The van der Waals surface area contributed by atoms with Crippen LogP contribution in [0.15, 0.2) is 60.9 Å². The number of ketones is 1. The summed E-state index contributed by atoms with van der Waals surface area (Å²) in [6, 6.07) is 16.8. The lowest BCUT2D eigenvalue weighted by Gasteiger charge is -2.20. The lowest BCUT2D eigenvalue weighted by atomic mass is 9.86. The highest BCUT2D eigenvalue weighted by Crippen LogP contribution is 2.35. The molecule has 0 radical (unpaired) electrons. The van der Waals surface area contributed by atoms with Crippen molar-refractivity contribution < 1.29 is 4.79 Å². The van der Waals surface area contributed by atoms with Gasteiger partial charge < -0.3 is 9.55 Å². The normalized spacial score (nSPS) is 12.6. The minimum atomic E-state index is -0.0478. The van der Waals surface area contributed by atoms with Gasteiger partial charge in [-0.2, -0.15) is 0 Å². The molecule has 2 aromatic heterocycles. The number of rotatable bonds is 6. The molecule has 0 aliphatic rings. The monoisotopic (exact) mass is 385 g/mol. The zero-order chi connectivity index (χ0) is 20.5. The van der Waals surface area contributed by atoms with Gasteiger partial charge in [-0.05, 0) is 50.5 Å². The van der Waals surface area contributed by atoms with Crippen LogP contribution in [-0.2, 0) is 0 Å². The number of para-hydroxylation sites is 1. The summed E-state index contributed by atoms with van der Waals surface area (Å²) < 4.78 is 1.95. The maximum Gasteiger partial charge on any atom is 0.199 e. The molecular formula is C25H27N3O. The van der Waals surface area contributed by atoms with E-state index < -0.39 is 0 Å². The van der Waals surface area contributed by atoms with E-state index in [4.69, 9.17) is 0 Å². The highest BCUT2D eigenvalue weighted by Gasteiger charge is 2.26. The van der Waals surface area contributed by atoms with E-state index in [0.717, 1.165) is 11.2 Å². The summed E-state index contributed by atoms with van der Waals surface area (Å²) in [5.41, 5.74) is 5.79. The molecular weight excluding hydrogens is 358 g/mol. The Kier molecular flexibility index (Phi) is 5.10. The molecule has 2 heterocycles. The second-order valence-electron chi connectivity index (χ2n) is 8.00. The van der Waals surface area contributed by atoms with Crippen molar-refractivity contribution in [3.8, 4) is 0 Å². The Morgan fingerprint density at radius 3 is 2.52 bits per heavy atom. The third-order valence-electron chi connectivity index (χ3n) is 5.78. The minimum Gasteiger partial charge on any atom is -0.358 e. The molecule has 0 amide bonds. The fraction of sp³-hybridized carbons (Fsp3) is 0.280. The standard InChI is InChI=1S/C25H27N3O/c1-16(2)28-14-13-26-25(28)23(29)15-21(19-10-6-5-9-17(19)3)24-18(4)20-11-7-8-12-22(20)27-24/h5-14,16,21,27H,15H2,1-4H3/t21-/m0/s1. The van der Waals surface area contributed by atoms with Crippen molar-refractivity contribution in [3.05, 3.63) is 89.1 Å². The van der Waals surface area contributed by atoms with Gasteiger partial charge in [0.05, 0.1) is 0 Å². The Morgan fingerprint density at radius 1 is 1.07 bits per heavy atom. The molecule has 0 unspecified atom stereocenters. The van der Waals surface area contributed by atoms with Crippen molar-refractivity contribution in [1.29, 1.82) is 0 Å². The van der Waals surface area contributed by atoms with Crippen molar-refractivity contribution in [3.63, 3.8) is 0 Å². The fourth-order valence-corrected chi connectivity index (χ4v) is 4.22. The summed E-state index contributed by atoms with van der Waals surface area (Å²) >= 11 is 0. The zero-order valence-electron chi connectivity index (χ0n) is 17.4. The number of Topliss-reactive ketones (excluding diaryl/α,β-unsaturated/α-hetero) is 1. The second-order valence-corrected chi connectivity index (χ2v) is 8.00. The molecule has 0 fully saturated rings. The molecule has 4 rings (SSSR count). The predicted octanol–water partition coefficient (Wildman–Crippen LogP) is 5.97. The van der Waals surface area contributed by atoms with Crippen LogP contribution in [-0.4, -0.2) is 20.3 Å². The van der Waals surface area contributed by atoms with Crippen molar-refractivity contribution in [2.24, 2.45) is 0 Å². The SMILES string of the molecule is Cc1ccccc1[C@H](CC(=O)c1nccn1C(C)C)c1[nH]c2ccccc2c1C. The van der Waals surface area contributed by atoms with Crippen molar-refractivity contribution >= 4 is 16.7 Å². The highest BCUT2D eigenvalue weighted by atomic mass is 16.1. The van der Waals surface area contributed by atoms with Crippen LogP contribution in [0.3, 0.4) is 0 Å². The van der Waals surface area contributed by atoms with Gasteiger partial charge in [0, 0.05) is 47.4 Å². The largest absolute Gasteiger partial charge is 0.358 e. The van der Waals surface area contributed by atoms with E-state index in [-0.39, 0.29) is 17.7 Å². The summed E-state index contributed by atoms with van der Waals surface area (Å²) in [6.07, 6.45) is 3.97. The molecule has 0 spiro atoms. The lowest BCUT2D eigenvalue weighted by molar-refractivity contribution is 0.0961. The first-order chi connectivity index (χ1) is 14.0. The molecule has 4 nitrogen and oxygen atoms in total. The summed E-state index contributed by atoms with van der Waals surface area (Å²) in [5, 5.41) is 1.21. The van der Waals surface area contributed by atoms with E-state index in [1.807, 2.05) is 29.0 Å². The van der Waals surface area contributed by atoms with Crippen LogP contribution in [0.5, 0.6) is 0 Å². The van der Waals surface area contributed by atoms with Crippen molar-refractivity contribution in [1.82, 2.24) is 14.5 Å². The number of aromatic amines is 1. The molecule has 148 valence electrons. The average molecular weight is 386 g/mol. The van der Waals surface area contributed by atoms with Crippen molar-refractivity contribution in [2.75, 3.05) is 0 Å². The predicted molar refractivity (Wildman–Crippen MR) is 118 cm³/mol. The van der Waals surface area contributed by atoms with E-state index in [1.165, 1.54) is 22.1 Å². The first-order valence-electron chi connectivity index (χ1n) is 10.2. The van der Waals surface area contributed by atoms with Gasteiger partial charge in [0.25, 0.3) is 0 Å². The third kappa shape index (κ3) is 3.51. The number of carbonyl (C=O) groups excluding carboxylic acids is 1. The van der Waals surface area contributed by atoms with E-state index in [0.29, 0.717) is 12.2 Å². The fourth-order valence-electron chi connectivity index (χ4n) is 4.22. The number of H-pyrrole nitrogens is 1. The Hall–Kier alpha value is -3.14. The van der Waals surface area contributed by atoms with Gasteiger partial charge in [-0.1, -0.05) is 42.5 Å². The molecule has 1 N–H and O–H groups in total. The highest BCUT2D eigenvalue weighted by molar-refractivity contribution is 5.94. The maximum atomic E-state index is 13.3. The van der Waals surface area contributed by atoms with Gasteiger partial charge in [-0.25, -0.2) is 4.98 Å². The van der Waals surface area contributed by atoms with E-state index >= 15 is 0 Å². The summed E-state index contributed by atoms with van der Waals surface area (Å²) in [5.74, 6) is 0.552. The Balaban J connectivity index is 1.81. The number of imidazole rings is 1. The number of benzene rings is 2. The number of fused-ring (bicyclic) bond motifs is 1. The molecule has 0 saturated carbocycles. The number of hydrogen-bond donors (Lipinski definition) is 1. The number of aryl methyl sites for hydroxylation is 2. The Morgan fingerprint density at radius 2 is 1.79 bits per heavy atom. The van der Waals surface area contributed by atoms with Crippen molar-refractivity contribution in [2.45, 2.75) is 46.1 Å². The van der Waals surface area contributed by atoms with Crippen LogP contribution in [0.1, 0.15) is 65.2 Å². The average Bonchev–Trinajstić information content (AvgIpc) is 3.32. The molecule has 0 aliphatic carbocycles. The number of carbonyl (C=O) groups is 1. The van der Waals surface area contributed by atoms with Crippen LogP contribution >= 0.6 is 0 Å². The zero-order valence-corrected chi connectivity index (χ0v) is 17.4. The molecule has 0 bridgehead atoms. The lowest BCUT2D eigenvalue weighted by Crippen LogP contribution is -2.16. The number of aromatic nitrogens is 3.